The Morgan fingerprint density at radius 3 is 2.42 bits per heavy atom. The van der Waals surface area contributed by atoms with Crippen LogP contribution in [0.4, 0.5) is 11.4 Å². The number of aryl methyl sites for hydroxylation is 2. The van der Waals surface area contributed by atoms with Crippen LogP contribution in [0.15, 0.2) is 41.3 Å². The molecule has 24 heavy (non-hydrogen) atoms. The van der Waals surface area contributed by atoms with Crippen LogP contribution in [0.3, 0.4) is 0 Å². The lowest BCUT2D eigenvalue weighted by molar-refractivity contribution is -0.116. The first-order valence-corrected chi connectivity index (χ1v) is 9.28. The van der Waals surface area contributed by atoms with Gasteiger partial charge in [0, 0.05) is 19.2 Å². The average molecular weight is 344 g/mol. The zero-order chi connectivity index (χ0) is 17.5. The molecule has 0 bridgehead atoms. The highest BCUT2D eigenvalue weighted by atomic mass is 32.2. The molecule has 1 N–H and O–H groups in total. The Balaban J connectivity index is 1.96. The minimum Gasteiger partial charge on any atom is -0.312 e. The standard InChI is InChI=1S/C18H20N2O3S/c1-12-5-4-6-13(2)18(12)19-24(22,23)16-7-8-17-15(11-16)9-10-20(17)14(3)21/h4-8,11,19H,9-10H2,1-3H3. The average Bonchev–Trinajstić information content (AvgIpc) is 2.94. The van der Waals surface area contributed by atoms with Crippen molar-refractivity contribution in [2.75, 3.05) is 16.2 Å². The normalized spacial score (nSPS) is 13.7. The second kappa shape index (κ2) is 5.94. The van der Waals surface area contributed by atoms with Crippen molar-refractivity contribution in [2.45, 2.75) is 32.1 Å². The molecule has 0 radical (unpaired) electrons. The van der Waals surface area contributed by atoms with Crippen LogP contribution in [-0.2, 0) is 21.2 Å². The first kappa shape index (κ1) is 16.5. The maximum absolute atomic E-state index is 12.7. The molecule has 126 valence electrons. The van der Waals surface area contributed by atoms with Gasteiger partial charge in [-0.05, 0) is 55.2 Å². The van der Waals surface area contributed by atoms with Crippen molar-refractivity contribution >= 4 is 27.3 Å². The van der Waals surface area contributed by atoms with E-state index in [1.807, 2.05) is 32.0 Å². The molecule has 2 aromatic rings. The summed E-state index contributed by atoms with van der Waals surface area (Å²) >= 11 is 0. The van der Waals surface area contributed by atoms with Crippen molar-refractivity contribution in [3.8, 4) is 0 Å². The molecule has 1 aliphatic rings. The summed E-state index contributed by atoms with van der Waals surface area (Å²) < 4.78 is 28.1. The first-order chi connectivity index (χ1) is 11.3. The number of amides is 1. The Kier molecular flexibility index (Phi) is 4.09. The number of fused-ring (bicyclic) bond motifs is 1. The van der Waals surface area contributed by atoms with E-state index in [9.17, 15) is 13.2 Å². The third kappa shape index (κ3) is 2.89. The predicted molar refractivity (Wildman–Crippen MR) is 94.9 cm³/mol. The van der Waals surface area contributed by atoms with Crippen molar-refractivity contribution < 1.29 is 13.2 Å². The molecule has 3 rings (SSSR count). The molecule has 0 spiro atoms. The largest absolute Gasteiger partial charge is 0.312 e. The molecule has 5 nitrogen and oxygen atoms in total. The van der Waals surface area contributed by atoms with E-state index in [1.54, 1.807) is 23.1 Å². The van der Waals surface area contributed by atoms with Gasteiger partial charge in [-0.3, -0.25) is 9.52 Å². The van der Waals surface area contributed by atoms with Crippen LogP contribution in [0.25, 0.3) is 0 Å². The number of carbonyl (C=O) groups is 1. The molecule has 0 atom stereocenters. The zero-order valence-corrected chi connectivity index (χ0v) is 14.8. The van der Waals surface area contributed by atoms with Gasteiger partial charge in [0.05, 0.1) is 10.6 Å². The van der Waals surface area contributed by atoms with E-state index in [0.29, 0.717) is 18.7 Å². The van der Waals surface area contributed by atoms with Crippen molar-refractivity contribution in [3.05, 3.63) is 53.1 Å². The van der Waals surface area contributed by atoms with Crippen LogP contribution < -0.4 is 9.62 Å². The summed E-state index contributed by atoms with van der Waals surface area (Å²) in [6.07, 6.45) is 0.668. The number of anilines is 2. The van der Waals surface area contributed by atoms with E-state index >= 15 is 0 Å². The number of para-hydroxylation sites is 1. The molecule has 1 heterocycles. The minimum atomic E-state index is -3.67. The highest BCUT2D eigenvalue weighted by molar-refractivity contribution is 7.92. The van der Waals surface area contributed by atoms with E-state index in [-0.39, 0.29) is 10.8 Å². The van der Waals surface area contributed by atoms with Gasteiger partial charge in [0.1, 0.15) is 0 Å². The van der Waals surface area contributed by atoms with Gasteiger partial charge in [-0.15, -0.1) is 0 Å². The van der Waals surface area contributed by atoms with Gasteiger partial charge in [-0.2, -0.15) is 0 Å². The lowest BCUT2D eigenvalue weighted by Crippen LogP contribution is -2.25. The molecule has 0 saturated carbocycles. The van der Waals surface area contributed by atoms with Crippen LogP contribution in [0.1, 0.15) is 23.6 Å². The second-order valence-corrected chi connectivity index (χ2v) is 7.77. The third-order valence-electron chi connectivity index (χ3n) is 4.35. The molecule has 2 aromatic carbocycles. The van der Waals surface area contributed by atoms with Crippen LogP contribution in [0.5, 0.6) is 0 Å². The Bertz CT molecular complexity index is 900. The molecular weight excluding hydrogens is 324 g/mol. The lowest BCUT2D eigenvalue weighted by Gasteiger charge is -2.16. The molecule has 0 unspecified atom stereocenters. The van der Waals surface area contributed by atoms with Crippen LogP contribution >= 0.6 is 0 Å². The summed E-state index contributed by atoms with van der Waals surface area (Å²) in [6, 6.07) is 10.6. The van der Waals surface area contributed by atoms with Crippen LogP contribution in [-0.4, -0.2) is 20.9 Å². The van der Waals surface area contributed by atoms with Gasteiger partial charge in [-0.1, -0.05) is 18.2 Å². The number of sulfonamides is 1. The second-order valence-electron chi connectivity index (χ2n) is 6.08. The van der Waals surface area contributed by atoms with E-state index < -0.39 is 10.0 Å². The van der Waals surface area contributed by atoms with Crippen LogP contribution in [0.2, 0.25) is 0 Å². The number of rotatable bonds is 3. The number of hydrogen-bond donors (Lipinski definition) is 1. The van der Waals surface area contributed by atoms with E-state index in [0.717, 1.165) is 22.4 Å². The van der Waals surface area contributed by atoms with Crippen LogP contribution in [0, 0.1) is 13.8 Å². The number of hydrogen-bond acceptors (Lipinski definition) is 3. The molecule has 0 aromatic heterocycles. The van der Waals surface area contributed by atoms with Gasteiger partial charge in [0.25, 0.3) is 10.0 Å². The highest BCUT2D eigenvalue weighted by Gasteiger charge is 2.25. The van der Waals surface area contributed by atoms with E-state index in [4.69, 9.17) is 0 Å². The summed E-state index contributed by atoms with van der Waals surface area (Å²) in [5.74, 6) is -0.0296. The highest BCUT2D eigenvalue weighted by Crippen LogP contribution is 2.31. The summed E-state index contributed by atoms with van der Waals surface area (Å²) in [6.45, 7) is 5.86. The monoisotopic (exact) mass is 344 g/mol. The van der Waals surface area contributed by atoms with Crippen molar-refractivity contribution in [1.29, 1.82) is 0 Å². The van der Waals surface area contributed by atoms with Crippen molar-refractivity contribution in [2.24, 2.45) is 0 Å². The fourth-order valence-corrected chi connectivity index (χ4v) is 4.29. The van der Waals surface area contributed by atoms with Gasteiger partial charge < -0.3 is 4.90 Å². The van der Waals surface area contributed by atoms with Crippen molar-refractivity contribution in [1.82, 2.24) is 0 Å². The zero-order valence-electron chi connectivity index (χ0n) is 14.0. The van der Waals surface area contributed by atoms with Crippen molar-refractivity contribution in [3.63, 3.8) is 0 Å². The molecule has 6 heteroatoms. The maximum Gasteiger partial charge on any atom is 0.261 e. The van der Waals surface area contributed by atoms with Gasteiger partial charge in [0.2, 0.25) is 5.91 Å². The summed E-state index contributed by atoms with van der Waals surface area (Å²) in [5.41, 5.74) is 4.05. The number of carbonyl (C=O) groups excluding carboxylic acids is 1. The first-order valence-electron chi connectivity index (χ1n) is 7.79. The molecule has 1 amide bonds. The number of benzene rings is 2. The Labute approximate surface area is 142 Å². The minimum absolute atomic E-state index is 0.0296. The SMILES string of the molecule is CC(=O)N1CCc2cc(S(=O)(=O)Nc3c(C)cccc3C)ccc21. The molecule has 1 aliphatic heterocycles. The molecule has 0 aliphatic carbocycles. The molecule has 0 fully saturated rings. The molecular formula is C18H20N2O3S. The van der Waals surface area contributed by atoms with Gasteiger partial charge in [-0.25, -0.2) is 8.42 Å². The number of nitrogens with one attached hydrogen (secondary N) is 1. The van der Waals surface area contributed by atoms with Gasteiger partial charge >= 0.3 is 0 Å². The fourth-order valence-electron chi connectivity index (χ4n) is 3.04. The van der Waals surface area contributed by atoms with E-state index in [2.05, 4.69) is 4.72 Å². The Hall–Kier alpha value is -2.34. The Morgan fingerprint density at radius 1 is 1.12 bits per heavy atom. The summed E-state index contributed by atoms with van der Waals surface area (Å²) in [4.78, 5) is 13.5. The fraction of sp³-hybridized carbons (Fsp3) is 0.278. The lowest BCUT2D eigenvalue weighted by atomic mass is 10.1. The third-order valence-corrected chi connectivity index (χ3v) is 5.70. The summed E-state index contributed by atoms with van der Waals surface area (Å²) in [7, 11) is -3.67. The summed E-state index contributed by atoms with van der Waals surface area (Å²) in [5, 5.41) is 0. The number of nitrogens with zero attached hydrogens (tertiary/aromatic N) is 1. The Morgan fingerprint density at radius 2 is 1.79 bits per heavy atom. The van der Waals surface area contributed by atoms with E-state index in [1.165, 1.54) is 6.92 Å². The molecule has 0 saturated heterocycles. The topological polar surface area (TPSA) is 66.5 Å². The smallest absolute Gasteiger partial charge is 0.261 e. The maximum atomic E-state index is 12.7. The van der Waals surface area contributed by atoms with Gasteiger partial charge in [0.15, 0.2) is 0 Å². The quantitative estimate of drug-likeness (QED) is 0.931. The predicted octanol–water partition coefficient (Wildman–Crippen LogP) is 3.01.